The molecule has 1 fully saturated rings. The summed E-state index contributed by atoms with van der Waals surface area (Å²) >= 11 is 1.27. The van der Waals surface area contributed by atoms with Gasteiger partial charge in [0.15, 0.2) is 0 Å². The Morgan fingerprint density at radius 1 is 1.53 bits per heavy atom. The second-order valence-corrected chi connectivity index (χ2v) is 7.30. The maximum Gasteiger partial charge on any atom is 0.303 e. The van der Waals surface area contributed by atoms with E-state index in [4.69, 9.17) is 5.73 Å². The summed E-state index contributed by atoms with van der Waals surface area (Å²) < 4.78 is 28.4. The Morgan fingerprint density at radius 2 is 2.32 bits per heavy atom. The highest BCUT2D eigenvalue weighted by Gasteiger charge is 2.29. The second kappa shape index (κ2) is 6.12. The molecule has 0 amide bonds. The summed E-state index contributed by atoms with van der Waals surface area (Å²) in [5.74, 6) is 0.242. The number of rotatable bonds is 5. The molecule has 3 N–H and O–H groups in total. The highest BCUT2D eigenvalue weighted by atomic mass is 32.2. The molecule has 19 heavy (non-hydrogen) atoms. The molecular weight excluding hydrogens is 286 g/mol. The van der Waals surface area contributed by atoms with Gasteiger partial charge in [0.25, 0.3) is 0 Å². The molecule has 1 aliphatic rings. The van der Waals surface area contributed by atoms with Crippen molar-refractivity contribution >= 4 is 26.7 Å². The fourth-order valence-electron chi connectivity index (χ4n) is 2.05. The van der Waals surface area contributed by atoms with Gasteiger partial charge in [0, 0.05) is 13.1 Å². The molecule has 0 aliphatic carbocycles. The third kappa shape index (κ3) is 3.62. The fourth-order valence-corrected chi connectivity index (χ4v) is 4.23. The second-order valence-electron chi connectivity index (χ2n) is 4.56. The predicted octanol–water partition coefficient (Wildman–Crippen LogP) is 0.428. The molecular formula is C10H19N5O2S2. The maximum absolute atomic E-state index is 12.2. The first-order chi connectivity index (χ1) is 9.05. The van der Waals surface area contributed by atoms with E-state index in [0.29, 0.717) is 24.8 Å². The number of piperidine rings is 1. The number of anilines is 1. The Labute approximate surface area is 117 Å². The van der Waals surface area contributed by atoms with Crippen molar-refractivity contribution in [2.75, 3.05) is 24.4 Å². The third-order valence-corrected chi connectivity index (χ3v) is 5.72. The van der Waals surface area contributed by atoms with Gasteiger partial charge < -0.3 is 5.73 Å². The molecule has 2 rings (SSSR count). The van der Waals surface area contributed by atoms with E-state index in [1.165, 1.54) is 15.6 Å². The molecule has 1 aromatic rings. The van der Waals surface area contributed by atoms with Crippen molar-refractivity contribution in [3.05, 3.63) is 5.01 Å². The molecule has 9 heteroatoms. The average Bonchev–Trinajstić information content (AvgIpc) is 2.85. The monoisotopic (exact) mass is 305 g/mol. The molecule has 0 bridgehead atoms. The van der Waals surface area contributed by atoms with Crippen LogP contribution >= 0.6 is 11.3 Å². The summed E-state index contributed by atoms with van der Waals surface area (Å²) in [6.45, 7) is 3.48. The van der Waals surface area contributed by atoms with E-state index in [2.05, 4.69) is 14.9 Å². The van der Waals surface area contributed by atoms with Gasteiger partial charge in [-0.1, -0.05) is 18.3 Å². The van der Waals surface area contributed by atoms with E-state index >= 15 is 0 Å². The van der Waals surface area contributed by atoms with Crippen LogP contribution in [-0.2, 0) is 16.6 Å². The molecule has 1 saturated heterocycles. The van der Waals surface area contributed by atoms with Gasteiger partial charge in [0.2, 0.25) is 5.13 Å². The highest BCUT2D eigenvalue weighted by molar-refractivity contribution is 7.90. The van der Waals surface area contributed by atoms with Crippen LogP contribution in [0.5, 0.6) is 0 Å². The van der Waals surface area contributed by atoms with Gasteiger partial charge in [0.1, 0.15) is 5.01 Å². The number of aromatic nitrogens is 2. The van der Waals surface area contributed by atoms with E-state index in [1.807, 2.05) is 6.92 Å². The number of nitrogens with two attached hydrogens (primary N) is 1. The molecule has 2 heterocycles. The first-order valence-electron chi connectivity index (χ1n) is 6.35. The lowest BCUT2D eigenvalue weighted by Crippen LogP contribution is -2.44. The van der Waals surface area contributed by atoms with Crippen LogP contribution in [0.4, 0.5) is 5.13 Å². The van der Waals surface area contributed by atoms with Crippen LogP contribution in [0.25, 0.3) is 0 Å². The zero-order chi connectivity index (χ0) is 13.9. The quantitative estimate of drug-likeness (QED) is 0.821. The van der Waals surface area contributed by atoms with Crippen LogP contribution in [0.3, 0.4) is 0 Å². The SMILES string of the molecule is CCc1nnc(NS(=O)(=O)N2CCCC(CN)C2)s1. The minimum absolute atomic E-state index is 0.242. The van der Waals surface area contributed by atoms with Crippen molar-refractivity contribution in [1.82, 2.24) is 14.5 Å². The van der Waals surface area contributed by atoms with E-state index < -0.39 is 10.2 Å². The van der Waals surface area contributed by atoms with Gasteiger partial charge in [0.05, 0.1) is 0 Å². The van der Waals surface area contributed by atoms with E-state index in [-0.39, 0.29) is 5.92 Å². The van der Waals surface area contributed by atoms with Crippen LogP contribution in [0, 0.1) is 5.92 Å². The van der Waals surface area contributed by atoms with Gasteiger partial charge in [-0.2, -0.15) is 12.7 Å². The summed E-state index contributed by atoms with van der Waals surface area (Å²) in [5.41, 5.74) is 5.62. The van der Waals surface area contributed by atoms with Crippen LogP contribution in [0.2, 0.25) is 0 Å². The van der Waals surface area contributed by atoms with Gasteiger partial charge in [-0.25, -0.2) is 4.72 Å². The minimum atomic E-state index is -3.54. The lowest BCUT2D eigenvalue weighted by atomic mass is 10.0. The van der Waals surface area contributed by atoms with Crippen molar-refractivity contribution in [3.63, 3.8) is 0 Å². The molecule has 0 radical (unpaired) electrons. The van der Waals surface area contributed by atoms with Crippen molar-refractivity contribution in [2.24, 2.45) is 11.7 Å². The summed E-state index contributed by atoms with van der Waals surface area (Å²) in [4.78, 5) is 0. The third-order valence-electron chi connectivity index (χ3n) is 3.14. The lowest BCUT2D eigenvalue weighted by molar-refractivity contribution is 0.273. The Morgan fingerprint density at radius 3 is 2.95 bits per heavy atom. The zero-order valence-electron chi connectivity index (χ0n) is 10.9. The molecule has 108 valence electrons. The molecule has 1 aromatic heterocycles. The van der Waals surface area contributed by atoms with Crippen molar-refractivity contribution in [1.29, 1.82) is 0 Å². The van der Waals surface area contributed by atoms with Crippen molar-refractivity contribution in [3.8, 4) is 0 Å². The van der Waals surface area contributed by atoms with Crippen LogP contribution in [0.1, 0.15) is 24.8 Å². The average molecular weight is 305 g/mol. The number of nitrogens with zero attached hydrogens (tertiary/aromatic N) is 3. The van der Waals surface area contributed by atoms with E-state index in [0.717, 1.165) is 24.3 Å². The molecule has 1 unspecified atom stereocenters. The van der Waals surface area contributed by atoms with Crippen LogP contribution in [-0.4, -0.2) is 42.6 Å². The molecule has 1 atom stereocenters. The minimum Gasteiger partial charge on any atom is -0.330 e. The van der Waals surface area contributed by atoms with E-state index in [1.54, 1.807) is 0 Å². The van der Waals surface area contributed by atoms with Gasteiger partial charge >= 0.3 is 10.2 Å². The Bertz CT molecular complexity index is 516. The van der Waals surface area contributed by atoms with Crippen molar-refractivity contribution < 1.29 is 8.42 Å². The molecule has 0 aromatic carbocycles. The van der Waals surface area contributed by atoms with Crippen LogP contribution in [0.15, 0.2) is 0 Å². The zero-order valence-corrected chi connectivity index (χ0v) is 12.5. The fraction of sp³-hybridized carbons (Fsp3) is 0.800. The Balaban J connectivity index is 2.05. The predicted molar refractivity (Wildman–Crippen MR) is 75.2 cm³/mol. The molecule has 1 aliphatic heterocycles. The Kier molecular flexibility index (Phi) is 4.71. The maximum atomic E-state index is 12.2. The number of hydrogen-bond donors (Lipinski definition) is 2. The summed E-state index contributed by atoms with van der Waals surface area (Å²) in [7, 11) is -3.54. The molecule has 0 spiro atoms. The normalized spacial score (nSPS) is 21.5. The van der Waals surface area contributed by atoms with Gasteiger partial charge in [-0.15, -0.1) is 10.2 Å². The summed E-state index contributed by atoms with van der Waals surface area (Å²) in [6.07, 6.45) is 2.58. The van der Waals surface area contributed by atoms with E-state index in [9.17, 15) is 8.42 Å². The lowest BCUT2D eigenvalue weighted by Gasteiger charge is -2.30. The largest absolute Gasteiger partial charge is 0.330 e. The highest BCUT2D eigenvalue weighted by Crippen LogP contribution is 2.22. The first kappa shape index (κ1) is 14.6. The van der Waals surface area contributed by atoms with Crippen LogP contribution < -0.4 is 10.5 Å². The standard InChI is InChI=1S/C10H19N5O2S2/c1-2-9-12-13-10(18-9)14-19(16,17)15-5-3-4-8(6-11)7-15/h8H,2-7,11H2,1H3,(H,13,14). The topological polar surface area (TPSA) is 101 Å². The van der Waals surface area contributed by atoms with Crippen molar-refractivity contribution in [2.45, 2.75) is 26.2 Å². The summed E-state index contributed by atoms with van der Waals surface area (Å²) in [5, 5.41) is 8.87. The van der Waals surface area contributed by atoms with Gasteiger partial charge in [-0.05, 0) is 31.7 Å². The molecule has 0 saturated carbocycles. The number of nitrogens with one attached hydrogen (secondary N) is 1. The smallest absolute Gasteiger partial charge is 0.303 e. The first-order valence-corrected chi connectivity index (χ1v) is 8.61. The number of hydrogen-bond acceptors (Lipinski definition) is 6. The Hall–Kier alpha value is -0.770. The summed E-state index contributed by atoms with van der Waals surface area (Å²) in [6, 6.07) is 0. The number of aryl methyl sites for hydroxylation is 1. The van der Waals surface area contributed by atoms with Gasteiger partial charge in [-0.3, -0.25) is 0 Å². The molecule has 7 nitrogen and oxygen atoms in total.